The molecule has 2 amide bonds. The van der Waals surface area contributed by atoms with Crippen LogP contribution in [0, 0.1) is 0 Å². The van der Waals surface area contributed by atoms with Gasteiger partial charge in [-0.15, -0.1) is 0 Å². The van der Waals surface area contributed by atoms with Gasteiger partial charge in [-0.3, -0.25) is 19.4 Å². The molecule has 0 atom stereocenters. The second-order valence-corrected chi connectivity index (χ2v) is 7.18. The lowest BCUT2D eigenvalue weighted by Gasteiger charge is -2.30. The Hall–Kier alpha value is -2.84. The second-order valence-electron chi connectivity index (χ2n) is 7.18. The number of rotatable bonds is 5. The van der Waals surface area contributed by atoms with Crippen LogP contribution in [0.25, 0.3) is 0 Å². The van der Waals surface area contributed by atoms with E-state index in [0.29, 0.717) is 49.9 Å². The van der Waals surface area contributed by atoms with E-state index in [1.165, 1.54) is 12.5 Å². The molecule has 0 aliphatic carbocycles. The van der Waals surface area contributed by atoms with Crippen LogP contribution < -0.4 is 9.80 Å². The van der Waals surface area contributed by atoms with Crippen LogP contribution in [0.5, 0.6) is 0 Å². The monoisotopic (exact) mass is 395 g/mol. The minimum absolute atomic E-state index is 0.121. The van der Waals surface area contributed by atoms with Crippen LogP contribution in [0.3, 0.4) is 0 Å². The van der Waals surface area contributed by atoms with E-state index in [-0.39, 0.29) is 18.4 Å². The van der Waals surface area contributed by atoms with E-state index in [4.69, 9.17) is 4.74 Å². The minimum atomic E-state index is -0.178. The molecule has 8 heteroatoms. The fourth-order valence-corrected chi connectivity index (χ4v) is 3.71. The van der Waals surface area contributed by atoms with Gasteiger partial charge in [-0.25, -0.2) is 9.97 Å². The van der Waals surface area contributed by atoms with Gasteiger partial charge in [0.15, 0.2) is 5.82 Å². The molecule has 0 spiro atoms. The zero-order valence-corrected chi connectivity index (χ0v) is 16.6. The summed E-state index contributed by atoms with van der Waals surface area (Å²) in [7, 11) is 0. The molecule has 0 bridgehead atoms. The van der Waals surface area contributed by atoms with Crippen molar-refractivity contribution in [2.24, 2.45) is 0 Å². The fraction of sp³-hybridized carbons (Fsp3) is 0.429. The smallest absolute Gasteiger partial charge is 0.263 e. The van der Waals surface area contributed by atoms with Crippen molar-refractivity contribution in [3.8, 4) is 0 Å². The van der Waals surface area contributed by atoms with Crippen molar-refractivity contribution in [3.63, 3.8) is 0 Å². The number of morpholine rings is 1. The third kappa shape index (κ3) is 3.86. The molecule has 0 radical (unpaired) electrons. The summed E-state index contributed by atoms with van der Waals surface area (Å²) in [6.45, 7) is 5.55. The number of ether oxygens (including phenoxy) is 1. The highest BCUT2D eigenvalue weighted by Gasteiger charge is 2.35. The fourth-order valence-electron chi connectivity index (χ4n) is 3.71. The maximum Gasteiger partial charge on any atom is 0.263 e. The number of fused-ring (bicyclic) bond motifs is 2. The predicted octanol–water partition coefficient (Wildman–Crippen LogP) is 2.23. The molecular weight excluding hydrogens is 370 g/mol. The maximum atomic E-state index is 13.4. The number of unbranched alkanes of at least 4 members (excludes halogenated alkanes) is 1. The summed E-state index contributed by atoms with van der Waals surface area (Å²) in [5, 5.41) is 0. The van der Waals surface area contributed by atoms with Crippen LogP contribution in [-0.4, -0.2) is 66.1 Å². The lowest BCUT2D eigenvalue weighted by molar-refractivity contribution is -0.120. The van der Waals surface area contributed by atoms with Gasteiger partial charge < -0.3 is 9.64 Å². The first-order valence-electron chi connectivity index (χ1n) is 10.0. The molecule has 152 valence electrons. The Bertz CT molecular complexity index is 897. The highest BCUT2D eigenvalue weighted by atomic mass is 16.5. The number of benzene rings is 1. The summed E-state index contributed by atoms with van der Waals surface area (Å²) in [5.74, 6) is 0.0438. The van der Waals surface area contributed by atoms with Gasteiger partial charge in [0, 0.05) is 25.8 Å². The van der Waals surface area contributed by atoms with Crippen molar-refractivity contribution in [2.45, 2.75) is 19.8 Å². The molecule has 2 aromatic rings. The molecule has 3 heterocycles. The molecule has 1 aromatic heterocycles. The Morgan fingerprint density at radius 2 is 1.93 bits per heavy atom. The second kappa shape index (κ2) is 8.67. The molecule has 1 fully saturated rings. The van der Waals surface area contributed by atoms with E-state index < -0.39 is 0 Å². The Morgan fingerprint density at radius 3 is 2.69 bits per heavy atom. The van der Waals surface area contributed by atoms with Gasteiger partial charge in [-0.2, -0.15) is 0 Å². The van der Waals surface area contributed by atoms with Crippen molar-refractivity contribution in [2.75, 3.05) is 49.2 Å². The normalized spacial score (nSPS) is 16.9. The molecule has 8 nitrogen and oxygen atoms in total. The van der Waals surface area contributed by atoms with E-state index in [2.05, 4.69) is 21.8 Å². The summed E-state index contributed by atoms with van der Waals surface area (Å²) >= 11 is 0. The third-order valence-electron chi connectivity index (χ3n) is 5.24. The average molecular weight is 395 g/mol. The number of carbonyl (C=O) groups is 2. The third-order valence-corrected chi connectivity index (χ3v) is 5.24. The minimum Gasteiger partial charge on any atom is -0.379 e. The van der Waals surface area contributed by atoms with Crippen molar-refractivity contribution >= 4 is 29.0 Å². The molecule has 0 N–H and O–H groups in total. The molecule has 1 saturated heterocycles. The van der Waals surface area contributed by atoms with Crippen LogP contribution in [0.2, 0.25) is 0 Å². The summed E-state index contributed by atoms with van der Waals surface area (Å²) < 4.78 is 5.39. The van der Waals surface area contributed by atoms with Crippen molar-refractivity contribution < 1.29 is 14.3 Å². The lowest BCUT2D eigenvalue weighted by Crippen LogP contribution is -2.44. The van der Waals surface area contributed by atoms with E-state index >= 15 is 0 Å². The molecular formula is C21H25N5O3. The summed E-state index contributed by atoms with van der Waals surface area (Å²) in [6.07, 6.45) is 4.71. The zero-order chi connectivity index (χ0) is 20.2. The maximum absolute atomic E-state index is 13.4. The zero-order valence-electron chi connectivity index (χ0n) is 16.6. The number of anilines is 3. The molecule has 0 unspecified atom stereocenters. The first-order chi connectivity index (χ1) is 14.2. The van der Waals surface area contributed by atoms with E-state index in [9.17, 15) is 9.59 Å². The largest absolute Gasteiger partial charge is 0.379 e. The molecule has 29 heavy (non-hydrogen) atoms. The summed E-state index contributed by atoms with van der Waals surface area (Å²) in [5.41, 5.74) is 1.74. The van der Waals surface area contributed by atoms with Crippen molar-refractivity contribution in [1.29, 1.82) is 0 Å². The van der Waals surface area contributed by atoms with Crippen LogP contribution in [0.1, 0.15) is 30.1 Å². The van der Waals surface area contributed by atoms with E-state index in [0.717, 1.165) is 18.5 Å². The Kier molecular flexibility index (Phi) is 5.82. The number of para-hydroxylation sites is 2. The van der Waals surface area contributed by atoms with Crippen LogP contribution in [0.4, 0.5) is 17.2 Å². The number of hydrogen-bond acceptors (Lipinski definition) is 6. The van der Waals surface area contributed by atoms with Gasteiger partial charge in [-0.1, -0.05) is 25.5 Å². The summed E-state index contributed by atoms with van der Waals surface area (Å²) in [6, 6.07) is 7.52. The van der Waals surface area contributed by atoms with Gasteiger partial charge >= 0.3 is 0 Å². The first-order valence-corrected chi connectivity index (χ1v) is 10.0. The van der Waals surface area contributed by atoms with Gasteiger partial charge in [0.1, 0.15) is 11.9 Å². The average Bonchev–Trinajstić information content (AvgIpc) is 2.86. The Morgan fingerprint density at radius 1 is 1.17 bits per heavy atom. The highest BCUT2D eigenvalue weighted by molar-refractivity contribution is 6.18. The van der Waals surface area contributed by atoms with Gasteiger partial charge in [0.05, 0.1) is 31.1 Å². The van der Waals surface area contributed by atoms with E-state index in [1.54, 1.807) is 9.80 Å². The van der Waals surface area contributed by atoms with Crippen LogP contribution >= 0.6 is 0 Å². The van der Waals surface area contributed by atoms with Crippen LogP contribution in [0.15, 0.2) is 36.8 Å². The lowest BCUT2D eigenvalue weighted by atomic mass is 10.2. The quantitative estimate of drug-likeness (QED) is 0.773. The topological polar surface area (TPSA) is 78.9 Å². The molecule has 2 aliphatic heterocycles. The van der Waals surface area contributed by atoms with Gasteiger partial charge in [0.2, 0.25) is 5.91 Å². The number of carbonyl (C=O) groups excluding carboxylic acids is 2. The van der Waals surface area contributed by atoms with Crippen molar-refractivity contribution in [1.82, 2.24) is 14.9 Å². The Labute approximate surface area is 170 Å². The number of nitrogens with zero attached hydrogens (tertiary/aromatic N) is 5. The van der Waals surface area contributed by atoms with E-state index in [1.807, 2.05) is 24.3 Å². The first kappa shape index (κ1) is 19.5. The number of aromatic nitrogens is 2. The van der Waals surface area contributed by atoms with Gasteiger partial charge in [0.25, 0.3) is 5.91 Å². The number of hydrogen-bond donors (Lipinski definition) is 0. The molecule has 1 aromatic carbocycles. The van der Waals surface area contributed by atoms with Gasteiger partial charge in [-0.05, 0) is 18.6 Å². The Balaban J connectivity index is 1.78. The van der Waals surface area contributed by atoms with Crippen LogP contribution in [-0.2, 0) is 9.53 Å². The SMILES string of the molecule is CCCCN1C(=O)c2cncnc2N(C(=O)CN2CCOCC2)c2ccccc21. The predicted molar refractivity (Wildman–Crippen MR) is 109 cm³/mol. The molecule has 4 rings (SSSR count). The van der Waals surface area contributed by atoms with Crippen molar-refractivity contribution in [3.05, 3.63) is 42.4 Å². The standard InChI is InChI=1S/C21H25N5O3/c1-2-3-8-25-17-6-4-5-7-18(17)26(19(27)14-24-9-11-29-12-10-24)20-16(21(25)28)13-22-15-23-20/h4-7,13,15H,2-3,8-12,14H2,1H3. The highest BCUT2D eigenvalue weighted by Crippen LogP contribution is 2.39. The summed E-state index contributed by atoms with van der Waals surface area (Å²) in [4.78, 5) is 40.5. The number of amides is 2. The molecule has 2 aliphatic rings. The molecule has 0 saturated carbocycles.